The molecule has 0 bridgehead atoms. The zero-order valence-corrected chi connectivity index (χ0v) is 19.1. The lowest BCUT2D eigenvalue weighted by Gasteiger charge is -2.38. The number of aliphatic hydroxyl groups excluding tert-OH is 1. The second-order valence-electron chi connectivity index (χ2n) is 7.54. The predicted octanol–water partition coefficient (Wildman–Crippen LogP) is 3.66. The Morgan fingerprint density at radius 3 is 2.42 bits per heavy atom. The number of benzene rings is 2. The molecule has 2 aromatic rings. The number of piperidine rings is 1. The number of sulfonamides is 1. The zero-order chi connectivity index (χ0) is 24.4. The Kier molecular flexibility index (Phi) is 7.57. The van der Waals surface area contributed by atoms with Crippen LogP contribution in [0.15, 0.2) is 53.4 Å². The van der Waals surface area contributed by atoms with Crippen LogP contribution in [-0.4, -0.2) is 56.3 Å². The maximum atomic E-state index is 13.1. The van der Waals surface area contributed by atoms with Gasteiger partial charge in [0.2, 0.25) is 15.9 Å². The average molecular weight is 507 g/mol. The van der Waals surface area contributed by atoms with Gasteiger partial charge in [-0.15, -0.1) is 13.2 Å². The minimum atomic E-state index is -4.82. The van der Waals surface area contributed by atoms with Crippen molar-refractivity contribution in [2.75, 3.05) is 25.1 Å². The summed E-state index contributed by atoms with van der Waals surface area (Å²) in [6, 6.07) is 9.99. The molecule has 180 valence electrons. The van der Waals surface area contributed by atoms with E-state index in [-0.39, 0.29) is 35.2 Å². The number of carbonyl (C=O) groups excluding carboxylic acids is 1. The van der Waals surface area contributed by atoms with Gasteiger partial charge >= 0.3 is 6.36 Å². The number of rotatable bonds is 6. The van der Waals surface area contributed by atoms with Gasteiger partial charge < -0.3 is 14.7 Å². The van der Waals surface area contributed by atoms with E-state index in [0.717, 1.165) is 16.4 Å². The third-order valence-electron chi connectivity index (χ3n) is 5.43. The summed E-state index contributed by atoms with van der Waals surface area (Å²) in [4.78, 5) is 14.2. The molecule has 1 aliphatic rings. The van der Waals surface area contributed by atoms with Crippen LogP contribution in [0, 0.1) is 5.92 Å². The van der Waals surface area contributed by atoms with Crippen molar-refractivity contribution >= 4 is 33.2 Å². The van der Waals surface area contributed by atoms with Gasteiger partial charge in [-0.25, -0.2) is 8.42 Å². The van der Waals surface area contributed by atoms with Crippen LogP contribution in [0.1, 0.15) is 12.8 Å². The summed E-state index contributed by atoms with van der Waals surface area (Å²) >= 11 is 6.05. The number of nitrogens with zero attached hydrogens (tertiary/aromatic N) is 2. The van der Waals surface area contributed by atoms with Crippen molar-refractivity contribution in [2.45, 2.75) is 30.1 Å². The highest BCUT2D eigenvalue weighted by atomic mass is 35.5. The summed E-state index contributed by atoms with van der Waals surface area (Å²) in [6.07, 6.45) is -4.53. The molecule has 1 fully saturated rings. The molecule has 7 nitrogen and oxygen atoms in total. The van der Waals surface area contributed by atoms with Gasteiger partial charge in [0.25, 0.3) is 0 Å². The van der Waals surface area contributed by atoms with E-state index in [1.54, 1.807) is 12.1 Å². The van der Waals surface area contributed by atoms with Crippen molar-refractivity contribution < 1.29 is 36.2 Å². The van der Waals surface area contributed by atoms with Crippen LogP contribution >= 0.6 is 11.6 Å². The molecule has 1 N–H and O–H groups in total. The van der Waals surface area contributed by atoms with Gasteiger partial charge in [-0.05, 0) is 49.2 Å². The fraction of sp³-hybridized carbons (Fsp3) is 0.381. The summed E-state index contributed by atoms with van der Waals surface area (Å²) in [7, 11) is -2.51. The molecule has 1 heterocycles. The maximum absolute atomic E-state index is 13.1. The Morgan fingerprint density at radius 1 is 1.21 bits per heavy atom. The van der Waals surface area contributed by atoms with E-state index in [9.17, 15) is 31.5 Å². The maximum Gasteiger partial charge on any atom is 0.573 e. The molecule has 0 radical (unpaired) electrons. The Morgan fingerprint density at radius 2 is 1.85 bits per heavy atom. The smallest absolute Gasteiger partial charge is 0.406 e. The molecule has 0 spiro atoms. The average Bonchev–Trinajstić information content (AvgIpc) is 2.77. The zero-order valence-electron chi connectivity index (χ0n) is 17.5. The van der Waals surface area contributed by atoms with Gasteiger partial charge in [-0.1, -0.05) is 23.7 Å². The monoisotopic (exact) mass is 506 g/mol. The van der Waals surface area contributed by atoms with E-state index >= 15 is 0 Å². The molecule has 2 aromatic carbocycles. The highest BCUT2D eigenvalue weighted by Gasteiger charge is 2.40. The van der Waals surface area contributed by atoms with Crippen molar-refractivity contribution in [1.82, 2.24) is 4.31 Å². The minimum absolute atomic E-state index is 0.00138. The standard InChI is InChI=1S/C21H22ClF3N2O5S/c1-26(15-6-8-17(9-7-15)32-21(23,24)25)20(29)14-10-11-27(16(12-14)13-28)33(30,31)19-5-3-2-4-18(19)22/h2-9,14,16,28H,10-13H2,1H3. The van der Waals surface area contributed by atoms with Gasteiger partial charge in [0.05, 0.1) is 11.6 Å². The van der Waals surface area contributed by atoms with Crippen molar-refractivity contribution in [1.29, 1.82) is 0 Å². The number of amides is 1. The number of carbonyl (C=O) groups is 1. The fourth-order valence-corrected chi connectivity index (χ4v) is 5.93. The number of halogens is 4. The number of ether oxygens (including phenoxy) is 1. The molecule has 1 amide bonds. The minimum Gasteiger partial charge on any atom is -0.406 e. The van der Waals surface area contributed by atoms with Crippen LogP contribution in [0.2, 0.25) is 5.02 Å². The molecule has 0 aliphatic carbocycles. The van der Waals surface area contributed by atoms with Crippen molar-refractivity contribution in [2.24, 2.45) is 5.92 Å². The predicted molar refractivity (Wildman–Crippen MR) is 115 cm³/mol. The quantitative estimate of drug-likeness (QED) is 0.646. The normalized spacial score (nSPS) is 19.8. The SMILES string of the molecule is CN(C(=O)C1CCN(S(=O)(=O)c2ccccc2Cl)C(CO)C1)c1ccc(OC(F)(F)F)cc1. The molecule has 12 heteroatoms. The summed E-state index contributed by atoms with van der Waals surface area (Å²) < 4.78 is 68.1. The fourth-order valence-electron chi connectivity index (χ4n) is 3.79. The first-order chi connectivity index (χ1) is 15.4. The van der Waals surface area contributed by atoms with Crippen LogP contribution in [0.3, 0.4) is 0 Å². The van der Waals surface area contributed by atoms with Gasteiger partial charge in [-0.3, -0.25) is 4.79 Å². The van der Waals surface area contributed by atoms with E-state index in [1.165, 1.54) is 36.2 Å². The number of aliphatic hydroxyl groups is 1. The first-order valence-electron chi connectivity index (χ1n) is 9.94. The van der Waals surface area contributed by atoms with E-state index < -0.39 is 40.7 Å². The summed E-state index contributed by atoms with van der Waals surface area (Å²) in [5.41, 5.74) is 0.348. The number of hydrogen-bond donors (Lipinski definition) is 1. The third kappa shape index (κ3) is 5.78. The molecule has 0 saturated carbocycles. The van der Waals surface area contributed by atoms with Gasteiger partial charge in [-0.2, -0.15) is 4.31 Å². The van der Waals surface area contributed by atoms with Crippen molar-refractivity contribution in [3.63, 3.8) is 0 Å². The molecule has 1 aliphatic heterocycles. The highest BCUT2D eigenvalue weighted by Crippen LogP contribution is 2.33. The Bertz CT molecular complexity index is 1100. The van der Waals surface area contributed by atoms with Crippen LogP contribution in [0.5, 0.6) is 5.75 Å². The Hall–Kier alpha value is -2.34. The molecule has 33 heavy (non-hydrogen) atoms. The van der Waals surface area contributed by atoms with Gasteiger partial charge in [0, 0.05) is 31.2 Å². The molecule has 1 saturated heterocycles. The van der Waals surface area contributed by atoms with Crippen LogP contribution in [-0.2, 0) is 14.8 Å². The van der Waals surface area contributed by atoms with Crippen LogP contribution < -0.4 is 9.64 Å². The number of anilines is 1. The molecular weight excluding hydrogens is 485 g/mol. The van der Waals surface area contributed by atoms with Crippen molar-refractivity contribution in [3.05, 3.63) is 53.6 Å². The lowest BCUT2D eigenvalue weighted by Crippen LogP contribution is -2.50. The largest absolute Gasteiger partial charge is 0.573 e. The number of alkyl halides is 3. The van der Waals surface area contributed by atoms with E-state index in [4.69, 9.17) is 11.6 Å². The second kappa shape index (κ2) is 9.88. The van der Waals surface area contributed by atoms with E-state index in [0.29, 0.717) is 5.69 Å². The lowest BCUT2D eigenvalue weighted by atomic mass is 9.91. The molecule has 0 aromatic heterocycles. The third-order valence-corrected chi connectivity index (χ3v) is 7.88. The summed E-state index contributed by atoms with van der Waals surface area (Å²) in [5, 5.41) is 9.91. The first-order valence-corrected chi connectivity index (χ1v) is 11.8. The molecule has 2 unspecified atom stereocenters. The summed E-state index contributed by atoms with van der Waals surface area (Å²) in [5.74, 6) is -1.34. The molecular formula is C21H22ClF3N2O5S. The Balaban J connectivity index is 1.72. The highest BCUT2D eigenvalue weighted by molar-refractivity contribution is 7.89. The van der Waals surface area contributed by atoms with E-state index in [1.807, 2.05) is 0 Å². The van der Waals surface area contributed by atoms with Crippen molar-refractivity contribution in [3.8, 4) is 5.75 Å². The van der Waals surface area contributed by atoms with Gasteiger partial charge in [0.15, 0.2) is 0 Å². The van der Waals surface area contributed by atoms with E-state index in [2.05, 4.69) is 4.74 Å². The molecule has 3 rings (SSSR count). The molecule has 2 atom stereocenters. The van der Waals surface area contributed by atoms with Gasteiger partial charge in [0.1, 0.15) is 10.6 Å². The second-order valence-corrected chi connectivity index (χ2v) is 9.81. The lowest BCUT2D eigenvalue weighted by molar-refractivity contribution is -0.274. The van der Waals surface area contributed by atoms with Crippen LogP contribution in [0.4, 0.5) is 18.9 Å². The first kappa shape index (κ1) is 25.3. The van der Waals surface area contributed by atoms with Crippen LogP contribution in [0.25, 0.3) is 0 Å². The topological polar surface area (TPSA) is 87.2 Å². The summed E-state index contributed by atoms with van der Waals surface area (Å²) in [6.45, 7) is -0.484. The number of hydrogen-bond acceptors (Lipinski definition) is 5. The Labute approximate surface area is 194 Å².